The van der Waals surface area contributed by atoms with Gasteiger partial charge in [-0.05, 0) is 50.0 Å². The number of carbonyl (C=O) groups excluding carboxylic acids is 2. The molecule has 4 nitrogen and oxygen atoms in total. The predicted molar refractivity (Wildman–Crippen MR) is 96.7 cm³/mol. The molecule has 1 aromatic rings. The highest BCUT2D eigenvalue weighted by Gasteiger charge is 2.24. The van der Waals surface area contributed by atoms with Gasteiger partial charge in [0.2, 0.25) is 11.8 Å². The molecule has 0 bridgehead atoms. The molecule has 2 amide bonds. The molecule has 0 unspecified atom stereocenters. The van der Waals surface area contributed by atoms with Crippen LogP contribution in [0.2, 0.25) is 0 Å². The van der Waals surface area contributed by atoms with Crippen molar-refractivity contribution < 1.29 is 9.59 Å². The van der Waals surface area contributed by atoms with Crippen molar-refractivity contribution in [2.24, 2.45) is 0 Å². The van der Waals surface area contributed by atoms with Gasteiger partial charge in [0.1, 0.15) is 0 Å². The zero-order valence-electron chi connectivity index (χ0n) is 14.4. The van der Waals surface area contributed by atoms with Crippen LogP contribution in [0.4, 0.5) is 5.69 Å². The Morgan fingerprint density at radius 1 is 1.21 bits per heavy atom. The molecular weight excluding hydrogens is 300 g/mol. The molecule has 4 heteroatoms. The zero-order valence-corrected chi connectivity index (χ0v) is 14.4. The van der Waals surface area contributed by atoms with Crippen molar-refractivity contribution in [3.8, 4) is 0 Å². The second-order valence-corrected chi connectivity index (χ2v) is 6.64. The maximum Gasteiger partial charge on any atom is 0.246 e. The first-order valence-corrected chi connectivity index (χ1v) is 9.08. The Morgan fingerprint density at radius 2 is 1.92 bits per heavy atom. The van der Waals surface area contributed by atoms with Crippen molar-refractivity contribution in [2.45, 2.75) is 51.5 Å². The van der Waals surface area contributed by atoms with E-state index < -0.39 is 0 Å². The molecule has 1 aromatic carbocycles. The van der Waals surface area contributed by atoms with Crippen LogP contribution in [0.5, 0.6) is 0 Å². The van der Waals surface area contributed by atoms with Crippen molar-refractivity contribution in [1.29, 1.82) is 0 Å². The third-order valence-electron chi connectivity index (χ3n) is 5.09. The lowest BCUT2D eigenvalue weighted by atomic mass is 10.1. The Hall–Kier alpha value is -2.10. The number of hydrogen-bond donors (Lipinski definition) is 0. The van der Waals surface area contributed by atoms with Gasteiger partial charge in [-0.3, -0.25) is 9.59 Å². The number of likely N-dealkylation sites (N-methyl/N-ethyl adjacent to an activating group) is 1. The van der Waals surface area contributed by atoms with Crippen LogP contribution in [0.15, 0.2) is 30.3 Å². The van der Waals surface area contributed by atoms with Crippen molar-refractivity contribution in [3.63, 3.8) is 0 Å². The van der Waals surface area contributed by atoms with E-state index in [1.165, 1.54) is 12.8 Å². The van der Waals surface area contributed by atoms with Crippen LogP contribution in [-0.2, 0) is 9.59 Å². The molecular formula is C20H26N2O2. The molecule has 1 aliphatic heterocycles. The minimum atomic E-state index is 0.100. The van der Waals surface area contributed by atoms with E-state index >= 15 is 0 Å². The van der Waals surface area contributed by atoms with Crippen molar-refractivity contribution in [3.05, 3.63) is 35.9 Å². The standard InChI is InChI=1S/C20H26N2O2/c1-2-21(17-6-3-4-7-17)20(24)14-11-16-9-12-18(13-10-16)22-15-5-8-19(22)23/h9-14,17H,2-8,15H2,1H3/b14-11+. The van der Waals surface area contributed by atoms with Gasteiger partial charge in [0.15, 0.2) is 0 Å². The lowest BCUT2D eigenvalue weighted by Crippen LogP contribution is -2.37. The predicted octanol–water partition coefficient (Wildman–Crippen LogP) is 3.62. The fourth-order valence-corrected chi connectivity index (χ4v) is 3.76. The average Bonchev–Trinajstić information content (AvgIpc) is 3.26. The van der Waals surface area contributed by atoms with E-state index in [0.29, 0.717) is 12.5 Å². The van der Waals surface area contributed by atoms with Gasteiger partial charge in [-0.25, -0.2) is 0 Å². The minimum Gasteiger partial charge on any atom is -0.336 e. The number of rotatable bonds is 5. The molecule has 0 radical (unpaired) electrons. The smallest absolute Gasteiger partial charge is 0.246 e. The van der Waals surface area contributed by atoms with Crippen LogP contribution >= 0.6 is 0 Å². The first-order chi connectivity index (χ1) is 11.7. The highest BCUT2D eigenvalue weighted by atomic mass is 16.2. The van der Waals surface area contributed by atoms with Crippen LogP contribution < -0.4 is 4.90 Å². The Bertz CT molecular complexity index is 615. The van der Waals surface area contributed by atoms with Gasteiger partial charge in [0, 0.05) is 37.3 Å². The Kier molecular flexibility index (Phi) is 5.34. The second kappa shape index (κ2) is 7.65. The number of anilines is 1. The highest BCUT2D eigenvalue weighted by molar-refractivity contribution is 5.95. The monoisotopic (exact) mass is 326 g/mol. The Morgan fingerprint density at radius 3 is 2.50 bits per heavy atom. The SMILES string of the molecule is CCN(C(=O)/C=C/c1ccc(N2CCCC2=O)cc1)C1CCCC1. The topological polar surface area (TPSA) is 40.6 Å². The maximum absolute atomic E-state index is 12.4. The summed E-state index contributed by atoms with van der Waals surface area (Å²) in [7, 11) is 0. The van der Waals surface area contributed by atoms with Crippen molar-refractivity contribution >= 4 is 23.6 Å². The zero-order chi connectivity index (χ0) is 16.9. The van der Waals surface area contributed by atoms with E-state index in [0.717, 1.165) is 43.6 Å². The normalized spacial score (nSPS) is 18.7. The third kappa shape index (κ3) is 3.69. The quantitative estimate of drug-likeness (QED) is 0.776. The first kappa shape index (κ1) is 16.7. The number of nitrogens with zero attached hydrogens (tertiary/aromatic N) is 2. The molecule has 2 aliphatic rings. The van der Waals surface area contributed by atoms with E-state index in [2.05, 4.69) is 0 Å². The molecule has 128 valence electrons. The molecule has 1 aliphatic carbocycles. The van der Waals surface area contributed by atoms with Crippen LogP contribution in [0.3, 0.4) is 0 Å². The van der Waals surface area contributed by atoms with Crippen LogP contribution in [-0.4, -0.2) is 35.8 Å². The van der Waals surface area contributed by atoms with Gasteiger partial charge in [-0.15, -0.1) is 0 Å². The van der Waals surface area contributed by atoms with E-state index in [9.17, 15) is 9.59 Å². The van der Waals surface area contributed by atoms with Crippen molar-refractivity contribution in [1.82, 2.24) is 4.90 Å². The highest BCUT2D eigenvalue weighted by Crippen LogP contribution is 2.24. The Balaban J connectivity index is 1.63. The lowest BCUT2D eigenvalue weighted by Gasteiger charge is -2.26. The number of amides is 2. The van der Waals surface area contributed by atoms with Crippen LogP contribution in [0.1, 0.15) is 51.0 Å². The fourth-order valence-electron chi connectivity index (χ4n) is 3.76. The molecule has 1 heterocycles. The summed E-state index contributed by atoms with van der Waals surface area (Å²) < 4.78 is 0. The van der Waals surface area contributed by atoms with E-state index in [4.69, 9.17) is 0 Å². The molecule has 1 saturated heterocycles. The summed E-state index contributed by atoms with van der Waals surface area (Å²) in [5.74, 6) is 0.298. The summed E-state index contributed by atoms with van der Waals surface area (Å²) in [6.07, 6.45) is 9.85. The van der Waals surface area contributed by atoms with Gasteiger partial charge in [0.25, 0.3) is 0 Å². The molecule has 2 fully saturated rings. The van der Waals surface area contributed by atoms with Crippen LogP contribution in [0.25, 0.3) is 6.08 Å². The van der Waals surface area contributed by atoms with Gasteiger partial charge in [-0.2, -0.15) is 0 Å². The Labute approximate surface area is 144 Å². The summed E-state index contributed by atoms with van der Waals surface area (Å²) in [4.78, 5) is 28.0. The van der Waals surface area contributed by atoms with Crippen molar-refractivity contribution in [2.75, 3.05) is 18.0 Å². The molecule has 0 atom stereocenters. The first-order valence-electron chi connectivity index (χ1n) is 9.08. The number of carbonyl (C=O) groups is 2. The maximum atomic E-state index is 12.4. The van der Waals surface area contributed by atoms with Gasteiger partial charge in [0.05, 0.1) is 0 Å². The largest absolute Gasteiger partial charge is 0.336 e. The molecule has 3 rings (SSSR count). The van der Waals surface area contributed by atoms with Gasteiger partial charge in [-0.1, -0.05) is 25.0 Å². The minimum absolute atomic E-state index is 0.100. The number of hydrogen-bond acceptors (Lipinski definition) is 2. The van der Waals surface area contributed by atoms with E-state index in [1.807, 2.05) is 47.1 Å². The van der Waals surface area contributed by atoms with Gasteiger partial charge >= 0.3 is 0 Å². The summed E-state index contributed by atoms with van der Waals surface area (Å²) >= 11 is 0. The molecule has 0 spiro atoms. The third-order valence-corrected chi connectivity index (χ3v) is 5.09. The fraction of sp³-hybridized carbons (Fsp3) is 0.500. The van der Waals surface area contributed by atoms with Crippen LogP contribution in [0, 0.1) is 0 Å². The summed E-state index contributed by atoms with van der Waals surface area (Å²) in [5, 5.41) is 0. The summed E-state index contributed by atoms with van der Waals surface area (Å²) in [6, 6.07) is 8.27. The molecule has 24 heavy (non-hydrogen) atoms. The molecule has 0 aromatic heterocycles. The lowest BCUT2D eigenvalue weighted by molar-refractivity contribution is -0.127. The summed E-state index contributed by atoms with van der Waals surface area (Å²) in [5.41, 5.74) is 1.93. The summed E-state index contributed by atoms with van der Waals surface area (Å²) in [6.45, 7) is 3.62. The number of benzene rings is 1. The molecule has 1 saturated carbocycles. The molecule has 0 N–H and O–H groups in total. The second-order valence-electron chi connectivity index (χ2n) is 6.64. The van der Waals surface area contributed by atoms with E-state index in [1.54, 1.807) is 6.08 Å². The average molecular weight is 326 g/mol. The van der Waals surface area contributed by atoms with Gasteiger partial charge < -0.3 is 9.80 Å². The van der Waals surface area contributed by atoms with E-state index in [-0.39, 0.29) is 11.8 Å².